The molecule has 0 radical (unpaired) electrons. The predicted molar refractivity (Wildman–Crippen MR) is 214 cm³/mol. The third kappa shape index (κ3) is 16.0. The minimum absolute atomic E-state index is 0.000768. The maximum atomic E-state index is 14.1. The first kappa shape index (κ1) is 44.3. The molecule has 298 valence electrons. The summed E-state index contributed by atoms with van der Waals surface area (Å²) in [6, 6.07) is 22.0. The minimum Gasteiger partial charge on any atom is -0.480 e. The zero-order chi connectivity index (χ0) is 40.3. The van der Waals surface area contributed by atoms with Gasteiger partial charge in [-0.25, -0.2) is 4.79 Å². The summed E-state index contributed by atoms with van der Waals surface area (Å²) in [5, 5.41) is 24.3. The predicted octanol–water partition coefficient (Wildman–Crippen LogP) is 2.07. The van der Waals surface area contributed by atoms with E-state index in [9.17, 15) is 29.1 Å². The summed E-state index contributed by atoms with van der Waals surface area (Å²) >= 11 is 0. The average molecular weight is 758 g/mol. The molecule has 0 spiro atoms. The minimum atomic E-state index is -1.23. The van der Waals surface area contributed by atoms with E-state index in [1.54, 1.807) is 24.3 Å². The highest BCUT2D eigenvalue weighted by atomic mass is 16.4. The van der Waals surface area contributed by atoms with E-state index in [-0.39, 0.29) is 56.7 Å². The number of nitrogens with two attached hydrogens (primary N) is 2. The highest BCUT2D eigenvalue weighted by molar-refractivity contribution is 5.95. The molecule has 13 heteroatoms. The third-order valence-corrected chi connectivity index (χ3v) is 9.02. The third-order valence-electron chi connectivity index (χ3n) is 9.02. The van der Waals surface area contributed by atoms with Crippen LogP contribution in [0, 0.1) is 11.8 Å². The number of hydrogen-bond acceptors (Lipinski definition) is 8. The van der Waals surface area contributed by atoms with Gasteiger partial charge in [-0.05, 0) is 47.8 Å². The smallest absolute Gasteiger partial charge is 0.326 e. The fourth-order valence-corrected chi connectivity index (χ4v) is 6.09. The zero-order valence-electron chi connectivity index (χ0n) is 32.4. The van der Waals surface area contributed by atoms with Gasteiger partial charge in [0.25, 0.3) is 0 Å². The van der Waals surface area contributed by atoms with Gasteiger partial charge in [-0.15, -0.1) is 0 Å². The highest BCUT2D eigenvalue weighted by Crippen LogP contribution is 2.12. The van der Waals surface area contributed by atoms with Crippen molar-refractivity contribution in [3.63, 3.8) is 0 Å². The van der Waals surface area contributed by atoms with E-state index in [1.807, 2.05) is 94.4 Å². The van der Waals surface area contributed by atoms with Crippen molar-refractivity contribution < 1.29 is 29.1 Å². The SMILES string of the molecule is CC(C)C[C@H](NC(=O)[C@H](Cc1ccccc1)NC(=O)[C@H](CC(C)C)NC(=O)[C@H](Cc1ccccc1)NCC(N)CN)C(=O)N[C@@H](Cc1ccccc1)C(=O)O. The highest BCUT2D eigenvalue weighted by Gasteiger charge is 2.33. The van der Waals surface area contributed by atoms with E-state index < -0.39 is 59.8 Å². The number of benzene rings is 3. The van der Waals surface area contributed by atoms with E-state index in [4.69, 9.17) is 11.5 Å². The molecule has 13 nitrogen and oxygen atoms in total. The first-order chi connectivity index (χ1) is 26.2. The maximum absolute atomic E-state index is 14.1. The van der Waals surface area contributed by atoms with Crippen molar-refractivity contribution in [1.82, 2.24) is 26.6 Å². The van der Waals surface area contributed by atoms with E-state index in [0.717, 1.165) is 16.7 Å². The fraction of sp³-hybridized carbons (Fsp3) is 0.452. The van der Waals surface area contributed by atoms with E-state index in [0.29, 0.717) is 6.42 Å². The Morgan fingerprint density at radius 3 is 1.24 bits per heavy atom. The van der Waals surface area contributed by atoms with Gasteiger partial charge >= 0.3 is 5.97 Å². The first-order valence-electron chi connectivity index (χ1n) is 19.0. The molecule has 10 N–H and O–H groups in total. The number of carboxylic acid groups (broad SMARTS) is 1. The molecule has 0 heterocycles. The van der Waals surface area contributed by atoms with Gasteiger partial charge in [-0.2, -0.15) is 0 Å². The van der Waals surface area contributed by atoms with Gasteiger partial charge in [-0.1, -0.05) is 119 Å². The van der Waals surface area contributed by atoms with Crippen molar-refractivity contribution >= 4 is 29.6 Å². The lowest BCUT2D eigenvalue weighted by Crippen LogP contribution is -2.60. The lowest BCUT2D eigenvalue weighted by molar-refractivity contribution is -0.142. The van der Waals surface area contributed by atoms with Crippen LogP contribution >= 0.6 is 0 Å². The van der Waals surface area contributed by atoms with Gasteiger partial charge in [0.1, 0.15) is 24.2 Å². The van der Waals surface area contributed by atoms with E-state index >= 15 is 0 Å². The molecular formula is C42H59N7O6. The first-order valence-corrected chi connectivity index (χ1v) is 19.0. The van der Waals surface area contributed by atoms with Crippen molar-refractivity contribution in [2.75, 3.05) is 13.1 Å². The molecule has 0 fully saturated rings. The lowest BCUT2D eigenvalue weighted by atomic mass is 9.98. The van der Waals surface area contributed by atoms with Crippen LogP contribution in [0.4, 0.5) is 0 Å². The van der Waals surface area contributed by atoms with Crippen LogP contribution in [-0.4, -0.2) is 84.0 Å². The second-order valence-electron chi connectivity index (χ2n) is 14.9. The maximum Gasteiger partial charge on any atom is 0.326 e. The zero-order valence-corrected chi connectivity index (χ0v) is 32.4. The molecule has 6 atom stereocenters. The fourth-order valence-electron chi connectivity index (χ4n) is 6.09. The standard InChI is InChI=1S/C42H59N7O6/c1-27(2)20-34(46-38(50)33(45-26-32(44)25-43)22-29-14-8-5-9-15-29)39(51)48-36(23-30-16-10-6-11-17-30)41(53)47-35(21-28(3)4)40(52)49-37(42(54)55)24-31-18-12-7-13-19-31/h5-19,27-28,32-37,45H,20-26,43-44H2,1-4H3,(H,46,50)(H,47,53)(H,48,51)(H,49,52)(H,54,55)/t32?,33-,34-,35-,36-,37-/m0/s1. The largest absolute Gasteiger partial charge is 0.480 e. The number of carboxylic acids is 1. The summed E-state index contributed by atoms with van der Waals surface area (Å²) in [5.41, 5.74) is 14.2. The van der Waals surface area contributed by atoms with Crippen LogP contribution in [0.5, 0.6) is 0 Å². The summed E-state index contributed by atoms with van der Waals surface area (Å²) in [7, 11) is 0. The molecule has 55 heavy (non-hydrogen) atoms. The number of nitrogens with one attached hydrogen (secondary N) is 5. The van der Waals surface area contributed by atoms with Gasteiger partial charge < -0.3 is 43.2 Å². The number of carbonyl (C=O) groups is 5. The summed E-state index contributed by atoms with van der Waals surface area (Å²) in [4.78, 5) is 67.9. The summed E-state index contributed by atoms with van der Waals surface area (Å²) in [6.07, 6.45) is 0.996. The van der Waals surface area contributed by atoms with Crippen molar-refractivity contribution in [1.29, 1.82) is 0 Å². The lowest BCUT2D eigenvalue weighted by Gasteiger charge is -2.28. The van der Waals surface area contributed by atoms with E-state index in [2.05, 4.69) is 26.6 Å². The normalized spacial score (nSPS) is 14.5. The van der Waals surface area contributed by atoms with Gasteiger partial charge in [0.05, 0.1) is 6.04 Å². The van der Waals surface area contributed by atoms with Crippen LogP contribution in [0.25, 0.3) is 0 Å². The molecule has 0 aliphatic rings. The topological polar surface area (TPSA) is 218 Å². The molecule has 0 aromatic heterocycles. The summed E-state index contributed by atoms with van der Waals surface area (Å²) in [5.74, 6) is -3.49. The second-order valence-corrected chi connectivity index (χ2v) is 14.9. The molecule has 0 saturated carbocycles. The van der Waals surface area contributed by atoms with Gasteiger partial charge in [-0.3, -0.25) is 19.2 Å². The molecule has 3 aromatic carbocycles. The van der Waals surface area contributed by atoms with Crippen LogP contribution < -0.4 is 38.1 Å². The van der Waals surface area contributed by atoms with Gasteiger partial charge in [0.15, 0.2) is 0 Å². The van der Waals surface area contributed by atoms with Crippen molar-refractivity contribution in [2.45, 2.75) is 96.1 Å². The van der Waals surface area contributed by atoms with Crippen LogP contribution in [0.15, 0.2) is 91.0 Å². The number of rotatable bonds is 23. The Balaban J connectivity index is 1.85. The second kappa shape index (κ2) is 23.0. The molecule has 4 amide bonds. The molecule has 1 unspecified atom stereocenters. The average Bonchev–Trinajstić information content (AvgIpc) is 3.15. The Bertz CT molecular complexity index is 1640. The molecule has 0 aliphatic heterocycles. The van der Waals surface area contributed by atoms with Gasteiger partial charge in [0, 0.05) is 32.0 Å². The Kier molecular flexibility index (Phi) is 18.5. The Hall–Kier alpha value is -5.11. The Morgan fingerprint density at radius 1 is 0.527 bits per heavy atom. The number of carbonyl (C=O) groups excluding carboxylic acids is 4. The molecule has 0 bridgehead atoms. The van der Waals surface area contributed by atoms with Crippen LogP contribution in [0.1, 0.15) is 57.2 Å². The van der Waals surface area contributed by atoms with Crippen LogP contribution in [0.3, 0.4) is 0 Å². The quantitative estimate of drug-likeness (QED) is 0.0710. The van der Waals surface area contributed by atoms with Crippen LogP contribution in [0.2, 0.25) is 0 Å². The molecule has 0 saturated heterocycles. The van der Waals surface area contributed by atoms with Crippen molar-refractivity contribution in [3.05, 3.63) is 108 Å². The van der Waals surface area contributed by atoms with Crippen molar-refractivity contribution in [3.8, 4) is 0 Å². The number of hydrogen-bond donors (Lipinski definition) is 8. The number of aliphatic carboxylic acids is 1. The van der Waals surface area contributed by atoms with Crippen molar-refractivity contribution in [2.24, 2.45) is 23.3 Å². The monoisotopic (exact) mass is 757 g/mol. The Labute approximate surface area is 324 Å². The summed E-state index contributed by atoms with van der Waals surface area (Å²) in [6.45, 7) is 8.14. The Morgan fingerprint density at radius 2 is 0.855 bits per heavy atom. The molecule has 3 aromatic rings. The van der Waals surface area contributed by atoms with Crippen LogP contribution in [-0.2, 0) is 43.2 Å². The van der Waals surface area contributed by atoms with Gasteiger partial charge in [0.2, 0.25) is 23.6 Å². The molecule has 3 rings (SSSR count). The number of amides is 4. The van der Waals surface area contributed by atoms with E-state index in [1.165, 1.54) is 0 Å². The molecular weight excluding hydrogens is 699 g/mol. The summed E-state index contributed by atoms with van der Waals surface area (Å²) < 4.78 is 0. The molecule has 0 aliphatic carbocycles.